The van der Waals surface area contributed by atoms with Gasteiger partial charge in [0, 0.05) is 37.2 Å². The first-order valence-corrected chi connectivity index (χ1v) is 6.50. The zero-order valence-corrected chi connectivity index (χ0v) is 11.3. The van der Waals surface area contributed by atoms with Crippen molar-refractivity contribution in [3.05, 3.63) is 41.9 Å². The fourth-order valence-corrected chi connectivity index (χ4v) is 1.63. The Bertz CT molecular complexity index is 512. The van der Waals surface area contributed by atoms with Crippen molar-refractivity contribution in [1.82, 2.24) is 15.0 Å². The van der Waals surface area contributed by atoms with Gasteiger partial charge in [-0.25, -0.2) is 4.98 Å². The lowest BCUT2D eigenvalue weighted by molar-refractivity contribution is 0.954. The van der Waals surface area contributed by atoms with Crippen molar-refractivity contribution in [2.45, 2.75) is 26.8 Å². The van der Waals surface area contributed by atoms with Crippen LogP contribution in [0.15, 0.2) is 30.7 Å². The third-order valence-corrected chi connectivity index (χ3v) is 2.69. The van der Waals surface area contributed by atoms with Gasteiger partial charge in [-0.2, -0.15) is 4.98 Å². The Morgan fingerprint density at radius 3 is 2.84 bits per heavy atom. The average molecular weight is 257 g/mol. The number of anilines is 2. The molecule has 0 aliphatic rings. The number of pyridine rings is 1. The molecule has 0 atom stereocenters. The van der Waals surface area contributed by atoms with E-state index < -0.39 is 0 Å². The van der Waals surface area contributed by atoms with Crippen molar-refractivity contribution in [3.63, 3.8) is 0 Å². The van der Waals surface area contributed by atoms with E-state index in [-0.39, 0.29) is 0 Å². The fraction of sp³-hybridized carbons (Fsp3) is 0.357. The summed E-state index contributed by atoms with van der Waals surface area (Å²) >= 11 is 0. The van der Waals surface area contributed by atoms with E-state index >= 15 is 0 Å². The minimum Gasteiger partial charge on any atom is -0.370 e. The number of rotatable bonds is 6. The molecule has 0 aliphatic heterocycles. The predicted molar refractivity (Wildman–Crippen MR) is 77.1 cm³/mol. The molecular formula is C14H19N5. The Hall–Kier alpha value is -2.17. The second-order valence-corrected chi connectivity index (χ2v) is 4.37. The third-order valence-electron chi connectivity index (χ3n) is 2.69. The van der Waals surface area contributed by atoms with Crippen molar-refractivity contribution in [2.24, 2.45) is 0 Å². The van der Waals surface area contributed by atoms with Gasteiger partial charge in [-0.05, 0) is 25.0 Å². The van der Waals surface area contributed by atoms with E-state index in [4.69, 9.17) is 0 Å². The van der Waals surface area contributed by atoms with Crippen LogP contribution in [0.3, 0.4) is 0 Å². The van der Waals surface area contributed by atoms with Crippen LogP contribution in [-0.2, 0) is 6.54 Å². The van der Waals surface area contributed by atoms with Crippen LogP contribution < -0.4 is 10.6 Å². The molecule has 2 rings (SSSR count). The summed E-state index contributed by atoms with van der Waals surface area (Å²) in [6.07, 6.45) is 6.49. The Kier molecular flexibility index (Phi) is 4.66. The van der Waals surface area contributed by atoms with Gasteiger partial charge in [0.1, 0.15) is 5.82 Å². The Morgan fingerprint density at radius 2 is 2.11 bits per heavy atom. The maximum atomic E-state index is 4.47. The van der Waals surface area contributed by atoms with E-state index in [2.05, 4.69) is 32.5 Å². The second-order valence-electron chi connectivity index (χ2n) is 4.37. The van der Waals surface area contributed by atoms with E-state index in [0.717, 1.165) is 29.9 Å². The molecule has 5 nitrogen and oxygen atoms in total. The molecule has 2 aromatic heterocycles. The van der Waals surface area contributed by atoms with Crippen LogP contribution in [0.2, 0.25) is 0 Å². The zero-order valence-electron chi connectivity index (χ0n) is 11.3. The zero-order chi connectivity index (χ0) is 13.5. The standard InChI is InChI=1S/C14H19N5/c1-3-6-16-13-11(2)8-17-14(19-13)18-10-12-5-4-7-15-9-12/h4-5,7-9H,3,6,10H2,1-2H3,(H2,16,17,18,19). The number of aryl methyl sites for hydroxylation is 1. The van der Waals surface area contributed by atoms with Gasteiger partial charge in [0.25, 0.3) is 0 Å². The Morgan fingerprint density at radius 1 is 1.21 bits per heavy atom. The highest BCUT2D eigenvalue weighted by atomic mass is 15.1. The summed E-state index contributed by atoms with van der Waals surface area (Å²) in [6, 6.07) is 3.94. The summed E-state index contributed by atoms with van der Waals surface area (Å²) in [5.74, 6) is 1.53. The molecule has 0 radical (unpaired) electrons. The summed E-state index contributed by atoms with van der Waals surface area (Å²) in [5, 5.41) is 6.50. The maximum absolute atomic E-state index is 4.47. The molecule has 0 unspecified atom stereocenters. The molecule has 0 aliphatic carbocycles. The number of nitrogens with zero attached hydrogens (tertiary/aromatic N) is 3. The number of hydrogen-bond donors (Lipinski definition) is 2. The quantitative estimate of drug-likeness (QED) is 0.833. The minimum atomic E-state index is 0.632. The molecule has 0 saturated carbocycles. The largest absolute Gasteiger partial charge is 0.370 e. The van der Waals surface area contributed by atoms with Gasteiger partial charge in [-0.1, -0.05) is 13.0 Å². The smallest absolute Gasteiger partial charge is 0.224 e. The summed E-state index contributed by atoms with van der Waals surface area (Å²) < 4.78 is 0. The highest BCUT2D eigenvalue weighted by Gasteiger charge is 2.03. The van der Waals surface area contributed by atoms with E-state index in [1.54, 1.807) is 6.20 Å². The normalized spacial score (nSPS) is 10.2. The maximum Gasteiger partial charge on any atom is 0.224 e. The summed E-state index contributed by atoms with van der Waals surface area (Å²) in [5.41, 5.74) is 2.16. The van der Waals surface area contributed by atoms with Crippen LogP contribution in [0.1, 0.15) is 24.5 Å². The van der Waals surface area contributed by atoms with Gasteiger partial charge in [0.15, 0.2) is 0 Å². The van der Waals surface area contributed by atoms with Gasteiger partial charge in [-0.15, -0.1) is 0 Å². The summed E-state index contributed by atoms with van der Waals surface area (Å²) in [6.45, 7) is 5.72. The van der Waals surface area contributed by atoms with Crippen molar-refractivity contribution < 1.29 is 0 Å². The molecule has 100 valence electrons. The van der Waals surface area contributed by atoms with Gasteiger partial charge >= 0.3 is 0 Å². The molecule has 0 spiro atoms. The van der Waals surface area contributed by atoms with Crippen molar-refractivity contribution in [1.29, 1.82) is 0 Å². The van der Waals surface area contributed by atoms with Crippen molar-refractivity contribution in [3.8, 4) is 0 Å². The lowest BCUT2D eigenvalue weighted by Gasteiger charge is -2.10. The minimum absolute atomic E-state index is 0.632. The third kappa shape index (κ3) is 3.91. The SMILES string of the molecule is CCCNc1nc(NCc2cccnc2)ncc1C. The lowest BCUT2D eigenvalue weighted by atomic mass is 10.3. The fourth-order valence-electron chi connectivity index (χ4n) is 1.63. The molecule has 2 N–H and O–H groups in total. The highest BCUT2D eigenvalue weighted by Crippen LogP contribution is 2.13. The van der Waals surface area contributed by atoms with Crippen LogP contribution in [0.5, 0.6) is 0 Å². The van der Waals surface area contributed by atoms with Crippen molar-refractivity contribution >= 4 is 11.8 Å². The Balaban J connectivity index is 2.00. The number of hydrogen-bond acceptors (Lipinski definition) is 5. The summed E-state index contributed by atoms with van der Waals surface area (Å²) in [7, 11) is 0. The first kappa shape index (κ1) is 13.3. The first-order chi connectivity index (χ1) is 9.29. The van der Waals surface area contributed by atoms with E-state index in [1.165, 1.54) is 0 Å². The molecule has 0 aromatic carbocycles. The lowest BCUT2D eigenvalue weighted by Crippen LogP contribution is -2.09. The molecule has 0 amide bonds. The van der Waals surface area contributed by atoms with Crippen LogP contribution >= 0.6 is 0 Å². The summed E-state index contributed by atoms with van der Waals surface area (Å²) in [4.78, 5) is 12.8. The van der Waals surface area contributed by atoms with Gasteiger partial charge in [0.2, 0.25) is 5.95 Å². The van der Waals surface area contributed by atoms with Gasteiger partial charge < -0.3 is 10.6 Å². The first-order valence-electron chi connectivity index (χ1n) is 6.50. The monoisotopic (exact) mass is 257 g/mol. The molecule has 5 heteroatoms. The van der Waals surface area contributed by atoms with Gasteiger partial charge in [0.05, 0.1) is 0 Å². The molecular weight excluding hydrogens is 238 g/mol. The molecule has 0 saturated heterocycles. The second kappa shape index (κ2) is 6.68. The highest BCUT2D eigenvalue weighted by molar-refractivity contribution is 5.46. The van der Waals surface area contributed by atoms with Crippen LogP contribution in [0.4, 0.5) is 11.8 Å². The van der Waals surface area contributed by atoms with E-state index in [1.807, 2.05) is 31.5 Å². The molecule has 0 bridgehead atoms. The van der Waals surface area contributed by atoms with Crippen LogP contribution in [-0.4, -0.2) is 21.5 Å². The van der Waals surface area contributed by atoms with Crippen LogP contribution in [0, 0.1) is 6.92 Å². The average Bonchev–Trinajstić information content (AvgIpc) is 2.46. The molecule has 2 aromatic rings. The molecule has 19 heavy (non-hydrogen) atoms. The van der Waals surface area contributed by atoms with Gasteiger partial charge in [-0.3, -0.25) is 4.98 Å². The topological polar surface area (TPSA) is 62.7 Å². The van der Waals surface area contributed by atoms with Crippen molar-refractivity contribution in [2.75, 3.05) is 17.2 Å². The molecule has 0 fully saturated rings. The Labute approximate surface area is 113 Å². The number of nitrogens with one attached hydrogen (secondary N) is 2. The number of aromatic nitrogens is 3. The van der Waals surface area contributed by atoms with E-state index in [0.29, 0.717) is 12.5 Å². The predicted octanol–water partition coefficient (Wildman–Crippen LogP) is 2.61. The van der Waals surface area contributed by atoms with E-state index in [9.17, 15) is 0 Å². The van der Waals surface area contributed by atoms with Crippen LogP contribution in [0.25, 0.3) is 0 Å². The molecule has 2 heterocycles.